The van der Waals surface area contributed by atoms with Gasteiger partial charge in [-0.25, -0.2) is 0 Å². The number of hydrogen-bond donors (Lipinski definition) is 0. The van der Waals surface area contributed by atoms with Crippen LogP contribution < -0.4 is 0 Å². The second-order valence-electron chi connectivity index (χ2n) is 3.73. The fourth-order valence-corrected chi connectivity index (χ4v) is 6.69. The van der Waals surface area contributed by atoms with Gasteiger partial charge in [0.1, 0.15) is 0 Å². The molecule has 0 spiro atoms. The van der Waals surface area contributed by atoms with Crippen LogP contribution in [0.25, 0.3) is 0 Å². The van der Waals surface area contributed by atoms with Crippen molar-refractivity contribution in [1.29, 1.82) is 0 Å². The van der Waals surface area contributed by atoms with Crippen LogP contribution in [-0.2, 0) is 0 Å². The van der Waals surface area contributed by atoms with Crippen molar-refractivity contribution in [2.45, 2.75) is 32.8 Å². The summed E-state index contributed by atoms with van der Waals surface area (Å²) >= 11 is 0. The third-order valence-corrected chi connectivity index (χ3v) is 10.5. The van der Waals surface area contributed by atoms with Gasteiger partial charge in [0, 0.05) is 0 Å². The Kier molecular flexibility index (Phi) is 5.52. The summed E-state index contributed by atoms with van der Waals surface area (Å²) in [6.45, 7) is 7.13. The van der Waals surface area contributed by atoms with Crippen molar-refractivity contribution in [2.75, 3.05) is 18.4 Å². The van der Waals surface area contributed by atoms with E-state index in [0.29, 0.717) is 0 Å². The van der Waals surface area contributed by atoms with Gasteiger partial charge in [0.15, 0.2) is 0 Å². The molecular weight excluding hydrogens is 149 g/mol. The van der Waals surface area contributed by atoms with Gasteiger partial charge in [0.2, 0.25) is 0 Å². The molecule has 0 saturated heterocycles. The zero-order chi connectivity index (χ0) is 8.91. The summed E-state index contributed by atoms with van der Waals surface area (Å²) in [6.07, 6.45) is 4.35. The topological polar surface area (TPSA) is 0 Å². The first-order valence-corrected chi connectivity index (χ1v) is 7.86. The summed E-state index contributed by atoms with van der Waals surface area (Å²) in [4.78, 5) is 0. The predicted molar refractivity (Wildman–Crippen MR) is 65.4 cm³/mol. The van der Waals surface area contributed by atoms with E-state index in [2.05, 4.69) is 36.5 Å². The van der Waals surface area contributed by atoms with Gasteiger partial charge in [0.05, 0.1) is 0 Å². The van der Waals surface area contributed by atoms with Crippen molar-refractivity contribution < 1.29 is 0 Å². The van der Waals surface area contributed by atoms with Crippen molar-refractivity contribution in [3.63, 3.8) is 0 Å². The Labute approximate surface area is 74.7 Å². The first-order chi connectivity index (χ1) is 5.16. The van der Waals surface area contributed by atoms with E-state index in [0.717, 1.165) is 5.56 Å². The molecule has 0 aliphatic heterocycles. The third-order valence-electron chi connectivity index (χ3n) is 3.77. The molecule has 0 aromatic rings. The van der Waals surface area contributed by atoms with E-state index < -0.39 is 7.26 Å². The Bertz CT molecular complexity index is 94.0. The first-order valence-electron chi connectivity index (χ1n) is 5.16. The molecule has 0 aliphatic rings. The summed E-state index contributed by atoms with van der Waals surface area (Å²) in [7, 11) is 4.03. The predicted octanol–water partition coefficient (Wildman–Crippen LogP) is 0.736. The van der Waals surface area contributed by atoms with E-state index in [4.69, 9.17) is 0 Å². The van der Waals surface area contributed by atoms with E-state index in [9.17, 15) is 0 Å². The SMILES string of the molecule is BC[PH](CC)(CC)C(B)CC. The summed E-state index contributed by atoms with van der Waals surface area (Å²) in [6, 6.07) is 1.48. The molecule has 0 aromatic heterocycles. The molecule has 66 valence electrons. The van der Waals surface area contributed by atoms with Gasteiger partial charge in [-0.1, -0.05) is 0 Å². The summed E-state index contributed by atoms with van der Waals surface area (Å²) in [5.41, 5.74) is 1.03. The molecule has 0 saturated carbocycles. The first kappa shape index (κ1) is 11.6. The molecular formula is C8H23B2P. The van der Waals surface area contributed by atoms with Crippen LogP contribution >= 0.6 is 7.26 Å². The van der Waals surface area contributed by atoms with E-state index >= 15 is 0 Å². The number of rotatable bonds is 5. The van der Waals surface area contributed by atoms with Gasteiger partial charge in [-0.15, -0.1) is 0 Å². The van der Waals surface area contributed by atoms with E-state index in [1.54, 1.807) is 0 Å². The van der Waals surface area contributed by atoms with E-state index in [1.165, 1.54) is 24.8 Å². The minimum atomic E-state index is -0.821. The van der Waals surface area contributed by atoms with Crippen LogP contribution in [-0.4, -0.2) is 39.6 Å². The Morgan fingerprint density at radius 1 is 1.18 bits per heavy atom. The molecule has 1 unspecified atom stereocenters. The Hall–Kier alpha value is 0.560. The average Bonchev–Trinajstić information content (AvgIpc) is 2.08. The van der Waals surface area contributed by atoms with Crippen molar-refractivity contribution in [1.82, 2.24) is 0 Å². The van der Waals surface area contributed by atoms with Crippen molar-refractivity contribution >= 4 is 23.0 Å². The second kappa shape index (κ2) is 5.25. The molecule has 0 nitrogen and oxygen atoms in total. The molecule has 0 N–H and O–H groups in total. The summed E-state index contributed by atoms with van der Waals surface area (Å²) in [5, 5.41) is 0. The van der Waals surface area contributed by atoms with E-state index in [1.807, 2.05) is 0 Å². The van der Waals surface area contributed by atoms with Gasteiger partial charge in [0.25, 0.3) is 0 Å². The van der Waals surface area contributed by atoms with Crippen LogP contribution in [0.3, 0.4) is 0 Å². The molecule has 0 radical (unpaired) electrons. The van der Waals surface area contributed by atoms with Crippen LogP contribution in [0, 0.1) is 0 Å². The van der Waals surface area contributed by atoms with Gasteiger partial charge in [-0.05, 0) is 0 Å². The van der Waals surface area contributed by atoms with Gasteiger partial charge >= 0.3 is 74.1 Å². The molecule has 0 amide bonds. The van der Waals surface area contributed by atoms with Gasteiger partial charge in [-0.3, -0.25) is 0 Å². The maximum absolute atomic E-state index is 2.46. The standard InChI is InChI=1S/C8H23B2P/c1-4-8(10)11(5-2,6-3)7-9/h8,11H,4-7,9-10H2,1-3H3. The molecule has 0 rings (SSSR count). The summed E-state index contributed by atoms with van der Waals surface area (Å²) in [5.74, 6) is 0. The minimum absolute atomic E-state index is 0.821. The molecule has 0 heterocycles. The molecule has 3 heteroatoms. The van der Waals surface area contributed by atoms with Crippen LogP contribution in [0.2, 0.25) is 0 Å². The monoisotopic (exact) mass is 172 g/mol. The molecule has 0 aliphatic carbocycles. The Morgan fingerprint density at radius 2 is 1.64 bits per heavy atom. The molecule has 0 aromatic carbocycles. The van der Waals surface area contributed by atoms with Crippen molar-refractivity contribution in [3.05, 3.63) is 0 Å². The fourth-order valence-electron chi connectivity index (χ4n) is 2.23. The Morgan fingerprint density at radius 3 is 1.73 bits per heavy atom. The molecule has 0 fully saturated rings. The van der Waals surface area contributed by atoms with Crippen LogP contribution in [0.15, 0.2) is 0 Å². The average molecular weight is 172 g/mol. The summed E-state index contributed by atoms with van der Waals surface area (Å²) < 4.78 is 0. The second-order valence-corrected chi connectivity index (χ2v) is 9.56. The normalized spacial score (nSPS) is 16.3. The molecule has 1 atom stereocenters. The third kappa shape index (κ3) is 2.51. The zero-order valence-electron chi connectivity index (χ0n) is 8.91. The fraction of sp³-hybridized carbons (Fsp3) is 1.00. The molecule has 0 bridgehead atoms. The number of hydrogen-bond acceptors (Lipinski definition) is 0. The quantitative estimate of drug-likeness (QED) is 0.423. The van der Waals surface area contributed by atoms with Crippen molar-refractivity contribution in [3.8, 4) is 0 Å². The maximum atomic E-state index is 2.46. The molecule has 11 heavy (non-hydrogen) atoms. The van der Waals surface area contributed by atoms with Crippen LogP contribution in [0.1, 0.15) is 27.2 Å². The van der Waals surface area contributed by atoms with Crippen LogP contribution in [0.5, 0.6) is 0 Å². The zero-order valence-corrected chi connectivity index (χ0v) is 9.91. The Balaban J connectivity index is 4.26. The van der Waals surface area contributed by atoms with Gasteiger partial charge < -0.3 is 0 Å². The van der Waals surface area contributed by atoms with Crippen LogP contribution in [0.4, 0.5) is 0 Å². The van der Waals surface area contributed by atoms with Crippen molar-refractivity contribution in [2.24, 2.45) is 0 Å². The van der Waals surface area contributed by atoms with Gasteiger partial charge in [-0.2, -0.15) is 0 Å². The van der Waals surface area contributed by atoms with E-state index in [-0.39, 0.29) is 0 Å².